The minimum Gasteiger partial charge on any atom is -0.309 e. The Bertz CT molecular complexity index is 344. The van der Waals surface area contributed by atoms with Crippen molar-refractivity contribution in [2.24, 2.45) is 5.92 Å². The number of rotatable bonds is 6. The van der Waals surface area contributed by atoms with E-state index in [-0.39, 0.29) is 0 Å². The Morgan fingerprint density at radius 2 is 2.06 bits per heavy atom. The molecule has 2 heteroatoms. The first-order chi connectivity index (χ1) is 8.70. The van der Waals surface area contributed by atoms with Crippen molar-refractivity contribution in [3.05, 3.63) is 21.4 Å². The molecule has 1 saturated carbocycles. The molecule has 1 fully saturated rings. The maximum Gasteiger partial charge on any atom is 0.0417 e. The van der Waals surface area contributed by atoms with Crippen LogP contribution in [0.5, 0.6) is 0 Å². The van der Waals surface area contributed by atoms with E-state index < -0.39 is 0 Å². The Balaban J connectivity index is 2.03. The summed E-state index contributed by atoms with van der Waals surface area (Å²) in [5.74, 6) is 0.960. The van der Waals surface area contributed by atoms with E-state index in [9.17, 15) is 0 Å². The van der Waals surface area contributed by atoms with Gasteiger partial charge in [-0.25, -0.2) is 0 Å². The molecule has 1 heterocycles. The third-order valence-electron chi connectivity index (χ3n) is 4.21. The van der Waals surface area contributed by atoms with Gasteiger partial charge >= 0.3 is 0 Å². The first-order valence-corrected chi connectivity index (χ1v) is 8.32. The molecule has 1 aliphatic rings. The molecule has 0 bridgehead atoms. The molecule has 1 unspecified atom stereocenters. The summed E-state index contributed by atoms with van der Waals surface area (Å²) < 4.78 is 0. The van der Waals surface area contributed by atoms with Gasteiger partial charge in [-0.2, -0.15) is 0 Å². The standard InChI is InChI=1S/C16H27NS/c1-4-9-17-15(11-14-7-5-6-8-14)16-10-12(2)13(3)18-16/h10,14-15,17H,4-9,11H2,1-3H3. The molecule has 102 valence electrons. The predicted octanol–water partition coefficient (Wildman–Crippen LogP) is 4.99. The van der Waals surface area contributed by atoms with Crippen molar-refractivity contribution < 1.29 is 0 Å². The van der Waals surface area contributed by atoms with Gasteiger partial charge in [0.25, 0.3) is 0 Å². The Hall–Kier alpha value is -0.340. The number of hydrogen-bond acceptors (Lipinski definition) is 2. The molecule has 1 aromatic heterocycles. The monoisotopic (exact) mass is 265 g/mol. The molecular weight excluding hydrogens is 238 g/mol. The van der Waals surface area contributed by atoms with Crippen LogP contribution in [0, 0.1) is 19.8 Å². The quantitative estimate of drug-likeness (QED) is 0.764. The van der Waals surface area contributed by atoms with Crippen LogP contribution in [0.4, 0.5) is 0 Å². The van der Waals surface area contributed by atoms with Crippen molar-refractivity contribution in [1.29, 1.82) is 0 Å². The van der Waals surface area contributed by atoms with Crippen LogP contribution in [0.2, 0.25) is 0 Å². The summed E-state index contributed by atoms with van der Waals surface area (Å²) in [4.78, 5) is 3.05. The second-order valence-electron chi connectivity index (χ2n) is 5.78. The second-order valence-corrected chi connectivity index (χ2v) is 7.07. The van der Waals surface area contributed by atoms with Gasteiger partial charge in [0.1, 0.15) is 0 Å². The zero-order valence-corrected chi connectivity index (χ0v) is 12.9. The molecule has 0 aromatic carbocycles. The zero-order valence-electron chi connectivity index (χ0n) is 12.1. The molecular formula is C16H27NS. The lowest BCUT2D eigenvalue weighted by Crippen LogP contribution is -2.23. The Morgan fingerprint density at radius 3 is 2.61 bits per heavy atom. The first-order valence-electron chi connectivity index (χ1n) is 7.51. The number of thiophene rings is 1. The van der Waals surface area contributed by atoms with Gasteiger partial charge in [-0.05, 0) is 50.8 Å². The van der Waals surface area contributed by atoms with Crippen molar-refractivity contribution in [1.82, 2.24) is 5.32 Å². The highest BCUT2D eigenvalue weighted by Crippen LogP contribution is 2.36. The summed E-state index contributed by atoms with van der Waals surface area (Å²) >= 11 is 1.99. The highest BCUT2D eigenvalue weighted by molar-refractivity contribution is 7.12. The number of hydrogen-bond donors (Lipinski definition) is 1. The minimum absolute atomic E-state index is 0.602. The minimum atomic E-state index is 0.602. The largest absolute Gasteiger partial charge is 0.309 e. The van der Waals surface area contributed by atoms with Crippen molar-refractivity contribution in [3.63, 3.8) is 0 Å². The normalized spacial score (nSPS) is 18.4. The summed E-state index contributed by atoms with van der Waals surface area (Å²) in [5, 5.41) is 3.76. The second kappa shape index (κ2) is 6.72. The molecule has 0 spiro atoms. The smallest absolute Gasteiger partial charge is 0.0417 e. The summed E-state index contributed by atoms with van der Waals surface area (Å²) in [6.45, 7) is 7.88. The van der Waals surface area contributed by atoms with Crippen LogP contribution in [0.15, 0.2) is 6.07 Å². The Labute approximate surface area is 116 Å². The third kappa shape index (κ3) is 3.58. The fourth-order valence-electron chi connectivity index (χ4n) is 2.97. The van der Waals surface area contributed by atoms with Gasteiger partial charge in [-0.3, -0.25) is 0 Å². The van der Waals surface area contributed by atoms with E-state index in [1.54, 1.807) is 4.88 Å². The van der Waals surface area contributed by atoms with E-state index in [4.69, 9.17) is 0 Å². The van der Waals surface area contributed by atoms with E-state index in [0.717, 1.165) is 12.5 Å². The molecule has 18 heavy (non-hydrogen) atoms. The Kier molecular flexibility index (Phi) is 5.25. The SMILES string of the molecule is CCCNC(CC1CCCC1)c1cc(C)c(C)s1. The highest BCUT2D eigenvalue weighted by Gasteiger charge is 2.22. The average molecular weight is 265 g/mol. The molecule has 1 aliphatic carbocycles. The summed E-state index contributed by atoms with van der Waals surface area (Å²) in [7, 11) is 0. The number of nitrogens with one attached hydrogen (secondary N) is 1. The van der Waals surface area contributed by atoms with Gasteiger partial charge in [-0.1, -0.05) is 32.6 Å². The third-order valence-corrected chi connectivity index (χ3v) is 5.48. The topological polar surface area (TPSA) is 12.0 Å². The fraction of sp³-hybridized carbons (Fsp3) is 0.750. The van der Waals surface area contributed by atoms with Gasteiger partial charge in [-0.15, -0.1) is 11.3 Å². The van der Waals surface area contributed by atoms with Crippen LogP contribution in [0.3, 0.4) is 0 Å². The highest BCUT2D eigenvalue weighted by atomic mass is 32.1. The molecule has 1 nitrogen and oxygen atoms in total. The van der Waals surface area contributed by atoms with Crippen LogP contribution in [-0.4, -0.2) is 6.54 Å². The molecule has 1 N–H and O–H groups in total. The van der Waals surface area contributed by atoms with Gasteiger partial charge in [0.15, 0.2) is 0 Å². The van der Waals surface area contributed by atoms with Crippen molar-refractivity contribution >= 4 is 11.3 Å². The van der Waals surface area contributed by atoms with Gasteiger partial charge in [0, 0.05) is 15.8 Å². The maximum absolute atomic E-state index is 3.76. The van der Waals surface area contributed by atoms with E-state index in [1.807, 2.05) is 11.3 Å². The zero-order chi connectivity index (χ0) is 13.0. The first kappa shape index (κ1) is 14.1. The van der Waals surface area contributed by atoms with E-state index in [2.05, 4.69) is 32.2 Å². The lowest BCUT2D eigenvalue weighted by atomic mass is 9.97. The predicted molar refractivity (Wildman–Crippen MR) is 81.4 cm³/mol. The van der Waals surface area contributed by atoms with Gasteiger partial charge < -0.3 is 5.32 Å². The fourth-order valence-corrected chi connectivity index (χ4v) is 4.10. The Morgan fingerprint density at radius 1 is 1.33 bits per heavy atom. The molecule has 0 saturated heterocycles. The van der Waals surface area contributed by atoms with E-state index in [1.165, 1.54) is 49.0 Å². The molecule has 2 rings (SSSR count). The lowest BCUT2D eigenvalue weighted by Gasteiger charge is -2.20. The van der Waals surface area contributed by atoms with Crippen LogP contribution in [0.25, 0.3) is 0 Å². The van der Waals surface area contributed by atoms with E-state index >= 15 is 0 Å². The molecule has 0 amide bonds. The van der Waals surface area contributed by atoms with Gasteiger partial charge in [0.2, 0.25) is 0 Å². The summed E-state index contributed by atoms with van der Waals surface area (Å²) in [6, 6.07) is 3.01. The lowest BCUT2D eigenvalue weighted by molar-refractivity contribution is 0.399. The molecule has 0 radical (unpaired) electrons. The van der Waals surface area contributed by atoms with Gasteiger partial charge in [0.05, 0.1) is 0 Å². The van der Waals surface area contributed by atoms with Crippen molar-refractivity contribution in [2.75, 3.05) is 6.54 Å². The summed E-state index contributed by atoms with van der Waals surface area (Å²) in [5.41, 5.74) is 1.46. The van der Waals surface area contributed by atoms with Crippen LogP contribution in [0.1, 0.15) is 66.8 Å². The van der Waals surface area contributed by atoms with Crippen molar-refractivity contribution in [3.8, 4) is 0 Å². The van der Waals surface area contributed by atoms with Crippen LogP contribution >= 0.6 is 11.3 Å². The summed E-state index contributed by atoms with van der Waals surface area (Å²) in [6.07, 6.45) is 8.38. The maximum atomic E-state index is 3.76. The average Bonchev–Trinajstić information content (AvgIpc) is 2.96. The molecule has 0 aliphatic heterocycles. The number of aryl methyl sites for hydroxylation is 2. The van der Waals surface area contributed by atoms with Crippen LogP contribution in [-0.2, 0) is 0 Å². The molecule has 1 aromatic rings. The van der Waals surface area contributed by atoms with E-state index in [0.29, 0.717) is 6.04 Å². The molecule has 1 atom stereocenters. The van der Waals surface area contributed by atoms with Crippen molar-refractivity contribution in [2.45, 2.75) is 65.3 Å². The van der Waals surface area contributed by atoms with Crippen LogP contribution < -0.4 is 5.32 Å².